The molecule has 2 rings (SSSR count). The van der Waals surface area contributed by atoms with Crippen LogP contribution in [0.4, 0.5) is 9.80 Å². The van der Waals surface area contributed by atoms with Gasteiger partial charge in [0.15, 0.2) is 5.69 Å². The molecular weight excluding hydrogens is 354 g/mol. The van der Waals surface area contributed by atoms with Crippen LogP contribution in [0.2, 0.25) is 0 Å². The van der Waals surface area contributed by atoms with Crippen LogP contribution in [-0.2, 0) is 9.47 Å². The van der Waals surface area contributed by atoms with Crippen molar-refractivity contribution in [1.29, 1.82) is 0 Å². The van der Waals surface area contributed by atoms with Gasteiger partial charge in [-0.25, -0.2) is 14.6 Å². The third kappa shape index (κ3) is 4.55. The number of amides is 1. The number of hydrogen-bond acceptors (Lipinski definition) is 7. The number of ether oxygens (including phenoxy) is 2. The van der Waals surface area contributed by atoms with E-state index >= 15 is 0 Å². The molecule has 1 aliphatic rings. The van der Waals surface area contributed by atoms with Gasteiger partial charge in [0.2, 0.25) is 0 Å². The van der Waals surface area contributed by atoms with E-state index in [1.54, 1.807) is 4.90 Å². The number of carbonyl (C=O) groups is 2. The monoisotopic (exact) mass is 381 g/mol. The van der Waals surface area contributed by atoms with E-state index in [2.05, 4.69) is 16.5 Å². The summed E-state index contributed by atoms with van der Waals surface area (Å²) >= 11 is 1.42. The number of aromatic nitrogens is 1. The predicted octanol–water partition coefficient (Wildman–Crippen LogP) is 3.41. The summed E-state index contributed by atoms with van der Waals surface area (Å²) in [7, 11) is 1.34. The van der Waals surface area contributed by atoms with Crippen LogP contribution in [0.1, 0.15) is 50.1 Å². The maximum absolute atomic E-state index is 12.4. The first kappa shape index (κ1) is 20.2. The normalized spacial score (nSPS) is 17.8. The second kappa shape index (κ2) is 7.65. The summed E-state index contributed by atoms with van der Waals surface area (Å²) in [5.41, 5.74) is 0.570. The first-order valence-electron chi connectivity index (χ1n) is 8.53. The molecular formula is C18H27N3O4S. The Morgan fingerprint density at radius 3 is 2.46 bits per heavy atom. The van der Waals surface area contributed by atoms with Crippen LogP contribution in [0.3, 0.4) is 0 Å². The zero-order valence-electron chi connectivity index (χ0n) is 16.3. The molecule has 1 saturated heterocycles. The minimum atomic E-state index is -0.528. The molecule has 1 aromatic heterocycles. The summed E-state index contributed by atoms with van der Waals surface area (Å²) in [5.74, 6) is -0.467. The Balaban J connectivity index is 2.19. The van der Waals surface area contributed by atoms with Gasteiger partial charge in [0, 0.05) is 25.7 Å². The largest absolute Gasteiger partial charge is 0.464 e. The van der Waals surface area contributed by atoms with Gasteiger partial charge in [0.1, 0.15) is 15.6 Å². The quantitative estimate of drug-likeness (QED) is 0.747. The highest BCUT2D eigenvalue weighted by atomic mass is 32.1. The molecule has 1 amide bonds. The van der Waals surface area contributed by atoms with Crippen LogP contribution < -0.4 is 4.90 Å². The minimum Gasteiger partial charge on any atom is -0.464 e. The Labute approximate surface area is 158 Å². The molecule has 2 heterocycles. The number of anilines is 1. The Morgan fingerprint density at radius 2 is 1.96 bits per heavy atom. The molecule has 0 aliphatic carbocycles. The third-order valence-electron chi connectivity index (χ3n) is 3.90. The van der Waals surface area contributed by atoms with E-state index in [1.807, 2.05) is 34.6 Å². The lowest BCUT2D eigenvalue weighted by atomic mass is 10.2. The Bertz CT molecular complexity index is 708. The summed E-state index contributed by atoms with van der Waals surface area (Å²) in [5, 5.41) is 1.47. The van der Waals surface area contributed by atoms with Crippen LogP contribution in [0.25, 0.3) is 5.57 Å². The first-order chi connectivity index (χ1) is 12.0. The molecule has 7 nitrogen and oxygen atoms in total. The van der Waals surface area contributed by atoms with Crippen LogP contribution in [0.5, 0.6) is 0 Å². The summed E-state index contributed by atoms with van der Waals surface area (Å²) in [6, 6.07) is -0.0560. The van der Waals surface area contributed by atoms with E-state index in [1.165, 1.54) is 18.4 Å². The fourth-order valence-electron chi connectivity index (χ4n) is 2.67. The molecule has 0 radical (unpaired) electrons. The summed E-state index contributed by atoms with van der Waals surface area (Å²) in [6.45, 7) is 15.0. The molecule has 26 heavy (non-hydrogen) atoms. The summed E-state index contributed by atoms with van der Waals surface area (Å²) < 4.78 is 10.3. The second-order valence-corrected chi connectivity index (χ2v) is 8.39. The predicted molar refractivity (Wildman–Crippen MR) is 103 cm³/mol. The van der Waals surface area contributed by atoms with Gasteiger partial charge in [-0.2, -0.15) is 0 Å². The topological polar surface area (TPSA) is 72.0 Å². The highest BCUT2D eigenvalue weighted by Crippen LogP contribution is 2.34. The van der Waals surface area contributed by atoms with Crippen molar-refractivity contribution in [2.75, 3.05) is 31.6 Å². The van der Waals surface area contributed by atoms with Crippen LogP contribution in [-0.4, -0.2) is 60.3 Å². The Morgan fingerprint density at radius 1 is 1.31 bits per heavy atom. The fourth-order valence-corrected chi connectivity index (χ4v) is 3.69. The van der Waals surface area contributed by atoms with Gasteiger partial charge in [-0.05, 0) is 40.2 Å². The van der Waals surface area contributed by atoms with E-state index in [4.69, 9.17) is 9.47 Å². The molecule has 8 heteroatoms. The number of methoxy groups -OCH3 is 1. The van der Waals surface area contributed by atoms with Gasteiger partial charge in [-0.3, -0.25) is 0 Å². The van der Waals surface area contributed by atoms with Gasteiger partial charge >= 0.3 is 12.1 Å². The molecule has 1 fully saturated rings. The van der Waals surface area contributed by atoms with Crippen LogP contribution in [0, 0.1) is 0 Å². The number of piperazine rings is 1. The molecule has 1 unspecified atom stereocenters. The molecule has 144 valence electrons. The van der Waals surface area contributed by atoms with E-state index in [0.29, 0.717) is 30.3 Å². The third-order valence-corrected chi connectivity index (χ3v) is 5.17. The van der Waals surface area contributed by atoms with Crippen LogP contribution in [0.15, 0.2) is 6.58 Å². The van der Waals surface area contributed by atoms with Gasteiger partial charge in [0.25, 0.3) is 0 Å². The lowest BCUT2D eigenvalue weighted by Gasteiger charge is -2.40. The Hall–Kier alpha value is -2.09. The van der Waals surface area contributed by atoms with E-state index < -0.39 is 11.6 Å². The van der Waals surface area contributed by atoms with Crippen molar-refractivity contribution in [1.82, 2.24) is 9.88 Å². The number of esters is 1. The molecule has 1 atom stereocenters. The van der Waals surface area contributed by atoms with E-state index in [0.717, 1.165) is 10.6 Å². The summed E-state index contributed by atoms with van der Waals surface area (Å²) in [4.78, 5) is 32.7. The molecule has 0 N–H and O–H groups in total. The Kier molecular flexibility index (Phi) is 5.95. The highest BCUT2D eigenvalue weighted by molar-refractivity contribution is 7.17. The van der Waals surface area contributed by atoms with Crippen molar-refractivity contribution in [3.8, 4) is 0 Å². The number of thiazole rings is 1. The molecule has 0 bridgehead atoms. The SMILES string of the molecule is C=C(C)c1nc(C(=O)OC)c(N2CCN(C(=O)OC(C)(C)C)C(C)C2)s1. The maximum Gasteiger partial charge on any atom is 0.410 e. The number of carbonyl (C=O) groups excluding carboxylic acids is 2. The highest BCUT2D eigenvalue weighted by Gasteiger charge is 2.33. The number of hydrogen-bond donors (Lipinski definition) is 0. The minimum absolute atomic E-state index is 0.0560. The second-order valence-electron chi connectivity index (χ2n) is 7.41. The van der Waals surface area contributed by atoms with Gasteiger partial charge in [-0.1, -0.05) is 17.9 Å². The lowest BCUT2D eigenvalue weighted by molar-refractivity contribution is 0.0158. The van der Waals surface area contributed by atoms with Crippen molar-refractivity contribution < 1.29 is 19.1 Å². The van der Waals surface area contributed by atoms with E-state index in [-0.39, 0.29) is 12.1 Å². The molecule has 0 saturated carbocycles. The smallest absolute Gasteiger partial charge is 0.410 e. The first-order valence-corrected chi connectivity index (χ1v) is 9.34. The van der Waals surface area contributed by atoms with E-state index in [9.17, 15) is 9.59 Å². The number of rotatable bonds is 3. The fraction of sp³-hybridized carbons (Fsp3) is 0.611. The molecule has 0 spiro atoms. The molecule has 1 aromatic rings. The van der Waals surface area contributed by atoms with Gasteiger partial charge in [0.05, 0.1) is 7.11 Å². The van der Waals surface area contributed by atoms with Crippen molar-refractivity contribution in [3.05, 3.63) is 17.3 Å². The average molecular weight is 381 g/mol. The zero-order valence-corrected chi connectivity index (χ0v) is 17.1. The van der Waals surface area contributed by atoms with Crippen molar-refractivity contribution in [2.45, 2.75) is 46.3 Å². The maximum atomic E-state index is 12.4. The standard InChI is InChI=1S/C18H27N3O4S/c1-11(2)14-19-13(16(22)24-7)15(26-14)20-8-9-21(12(3)10-20)17(23)25-18(4,5)6/h12H,1,8-10H2,2-7H3. The zero-order chi connectivity index (χ0) is 19.6. The average Bonchev–Trinajstić information content (AvgIpc) is 2.97. The number of allylic oxidation sites excluding steroid dienone is 1. The van der Waals surface area contributed by atoms with Crippen LogP contribution >= 0.6 is 11.3 Å². The molecule has 0 aromatic carbocycles. The molecule has 1 aliphatic heterocycles. The summed E-state index contributed by atoms with van der Waals surface area (Å²) in [6.07, 6.45) is -0.315. The van der Waals surface area contributed by atoms with Crippen molar-refractivity contribution in [2.24, 2.45) is 0 Å². The number of nitrogens with zero attached hydrogens (tertiary/aromatic N) is 3. The van der Waals surface area contributed by atoms with Crippen molar-refractivity contribution in [3.63, 3.8) is 0 Å². The van der Waals surface area contributed by atoms with Crippen molar-refractivity contribution >= 4 is 34.0 Å². The lowest BCUT2D eigenvalue weighted by Crippen LogP contribution is -2.55. The van der Waals surface area contributed by atoms with Gasteiger partial charge < -0.3 is 19.3 Å². The van der Waals surface area contributed by atoms with Gasteiger partial charge in [-0.15, -0.1) is 0 Å².